The molecule has 1 saturated heterocycles. The molecule has 174 valence electrons. The standard InChI is InChI=1S/C23H27N7O2.ClH/c1-15-18-11-19(26-22(32)10-17-13-25-30-7-3-6-24-23(17)30)21(12-20(18)28(2)27-15)29-8-4-16(14-31)5-9-29;/h3,6-7,11-13,16,31H,4-5,8-10,14H2,1-2H3,(H,26,32);1H. The summed E-state index contributed by atoms with van der Waals surface area (Å²) in [7, 11) is 1.94. The molecule has 1 aromatic carbocycles. The molecule has 5 rings (SSSR count). The van der Waals surface area contributed by atoms with Crippen LogP contribution in [0.15, 0.2) is 36.8 Å². The molecule has 0 saturated carbocycles. The van der Waals surface area contributed by atoms with E-state index in [9.17, 15) is 9.90 Å². The van der Waals surface area contributed by atoms with Crippen LogP contribution >= 0.6 is 12.4 Å². The topological polar surface area (TPSA) is 101 Å². The number of amides is 1. The molecule has 1 fully saturated rings. The summed E-state index contributed by atoms with van der Waals surface area (Å²) < 4.78 is 3.55. The highest BCUT2D eigenvalue weighted by atomic mass is 35.5. The molecule has 9 nitrogen and oxygen atoms in total. The van der Waals surface area contributed by atoms with Gasteiger partial charge in [0.05, 0.1) is 35.2 Å². The normalized spacial score (nSPS) is 14.6. The van der Waals surface area contributed by atoms with Gasteiger partial charge in [-0.1, -0.05) is 0 Å². The largest absolute Gasteiger partial charge is 0.396 e. The van der Waals surface area contributed by atoms with Crippen molar-refractivity contribution in [2.75, 3.05) is 29.9 Å². The van der Waals surface area contributed by atoms with E-state index in [0.29, 0.717) is 11.6 Å². The van der Waals surface area contributed by atoms with Crippen molar-refractivity contribution in [3.63, 3.8) is 0 Å². The van der Waals surface area contributed by atoms with E-state index in [0.717, 1.165) is 59.5 Å². The number of anilines is 2. The van der Waals surface area contributed by atoms with Crippen LogP contribution in [0.5, 0.6) is 0 Å². The molecular weight excluding hydrogens is 442 g/mol. The fourth-order valence-corrected chi connectivity index (χ4v) is 4.55. The van der Waals surface area contributed by atoms with Crippen molar-refractivity contribution in [3.8, 4) is 0 Å². The molecule has 0 unspecified atom stereocenters. The van der Waals surface area contributed by atoms with Crippen molar-refractivity contribution in [1.29, 1.82) is 0 Å². The summed E-state index contributed by atoms with van der Waals surface area (Å²) >= 11 is 0. The van der Waals surface area contributed by atoms with Crippen LogP contribution in [0.2, 0.25) is 0 Å². The number of aryl methyl sites for hydroxylation is 2. The number of hydrogen-bond acceptors (Lipinski definition) is 6. The van der Waals surface area contributed by atoms with Gasteiger partial charge in [0.15, 0.2) is 5.65 Å². The fourth-order valence-electron chi connectivity index (χ4n) is 4.55. The molecule has 10 heteroatoms. The number of fused-ring (bicyclic) bond motifs is 2. The third-order valence-corrected chi connectivity index (χ3v) is 6.34. The van der Waals surface area contributed by atoms with Crippen LogP contribution < -0.4 is 10.2 Å². The summed E-state index contributed by atoms with van der Waals surface area (Å²) in [5, 5.41) is 22.5. The lowest BCUT2D eigenvalue weighted by molar-refractivity contribution is -0.115. The van der Waals surface area contributed by atoms with Crippen LogP contribution in [0.4, 0.5) is 11.4 Å². The van der Waals surface area contributed by atoms with Crippen molar-refractivity contribution in [2.45, 2.75) is 26.2 Å². The molecule has 1 aliphatic heterocycles. The van der Waals surface area contributed by atoms with Gasteiger partial charge in [-0.05, 0) is 43.9 Å². The van der Waals surface area contributed by atoms with Gasteiger partial charge in [-0.2, -0.15) is 10.2 Å². The summed E-state index contributed by atoms with van der Waals surface area (Å²) in [5.41, 5.74) is 5.20. The van der Waals surface area contributed by atoms with Crippen LogP contribution in [0.1, 0.15) is 24.1 Å². The van der Waals surface area contributed by atoms with Gasteiger partial charge < -0.3 is 15.3 Å². The average Bonchev–Trinajstić information content (AvgIpc) is 3.33. The summed E-state index contributed by atoms with van der Waals surface area (Å²) in [6.45, 7) is 3.89. The molecule has 4 aromatic rings. The maximum absolute atomic E-state index is 13.0. The number of piperidine rings is 1. The number of halogens is 1. The van der Waals surface area contributed by atoms with Gasteiger partial charge in [0.1, 0.15) is 0 Å². The zero-order chi connectivity index (χ0) is 22.2. The maximum Gasteiger partial charge on any atom is 0.229 e. The van der Waals surface area contributed by atoms with Gasteiger partial charge in [-0.3, -0.25) is 9.48 Å². The molecule has 3 aromatic heterocycles. The van der Waals surface area contributed by atoms with Crippen LogP contribution in [-0.4, -0.2) is 55.1 Å². The molecule has 0 bridgehead atoms. The number of carbonyl (C=O) groups is 1. The lowest BCUT2D eigenvalue weighted by Crippen LogP contribution is -2.35. The van der Waals surface area contributed by atoms with E-state index < -0.39 is 0 Å². The van der Waals surface area contributed by atoms with E-state index in [-0.39, 0.29) is 31.3 Å². The minimum Gasteiger partial charge on any atom is -0.396 e. The Balaban J connectivity index is 0.00000259. The van der Waals surface area contributed by atoms with Crippen LogP contribution in [0.25, 0.3) is 16.6 Å². The van der Waals surface area contributed by atoms with E-state index in [2.05, 4.69) is 31.5 Å². The van der Waals surface area contributed by atoms with Gasteiger partial charge >= 0.3 is 0 Å². The number of aliphatic hydroxyl groups excluding tert-OH is 1. The number of aromatic nitrogens is 5. The fraction of sp³-hybridized carbons (Fsp3) is 0.391. The lowest BCUT2D eigenvalue weighted by atomic mass is 9.97. The Hall–Kier alpha value is -3.17. The first-order chi connectivity index (χ1) is 15.5. The first kappa shape index (κ1) is 23.0. The Morgan fingerprint density at radius 1 is 1.27 bits per heavy atom. The number of carbonyl (C=O) groups excluding carboxylic acids is 1. The first-order valence-corrected chi connectivity index (χ1v) is 10.9. The SMILES string of the molecule is Cc1nn(C)c2cc(N3CCC(CO)CC3)c(NC(=O)Cc3cnn4cccnc34)cc12.Cl. The number of hydrogen-bond donors (Lipinski definition) is 2. The third-order valence-electron chi connectivity index (χ3n) is 6.34. The smallest absolute Gasteiger partial charge is 0.229 e. The van der Waals surface area contributed by atoms with Crippen molar-refractivity contribution in [2.24, 2.45) is 13.0 Å². The average molecular weight is 470 g/mol. The van der Waals surface area contributed by atoms with Crippen LogP contribution in [0, 0.1) is 12.8 Å². The number of aliphatic hydroxyl groups is 1. The van der Waals surface area contributed by atoms with Crippen molar-refractivity contribution >= 4 is 46.2 Å². The monoisotopic (exact) mass is 469 g/mol. The third kappa shape index (κ3) is 4.38. The Morgan fingerprint density at radius 2 is 2.06 bits per heavy atom. The minimum atomic E-state index is -0.113. The second kappa shape index (κ2) is 9.36. The van der Waals surface area contributed by atoms with Gasteiger partial charge in [-0.25, -0.2) is 9.50 Å². The summed E-state index contributed by atoms with van der Waals surface area (Å²) in [6.07, 6.45) is 7.26. The van der Waals surface area contributed by atoms with Crippen LogP contribution in [0.3, 0.4) is 0 Å². The molecule has 2 N–H and O–H groups in total. The summed E-state index contributed by atoms with van der Waals surface area (Å²) in [6, 6.07) is 5.94. The van der Waals surface area contributed by atoms with E-state index in [1.807, 2.05) is 37.0 Å². The van der Waals surface area contributed by atoms with Crippen molar-refractivity contribution in [3.05, 3.63) is 48.0 Å². The number of rotatable bonds is 5. The Kier molecular flexibility index (Phi) is 6.53. The molecule has 33 heavy (non-hydrogen) atoms. The molecule has 0 aliphatic carbocycles. The minimum absolute atomic E-state index is 0. The van der Waals surface area contributed by atoms with Gasteiger partial charge in [-0.15, -0.1) is 12.4 Å². The molecule has 1 amide bonds. The Bertz CT molecular complexity index is 1290. The van der Waals surface area contributed by atoms with E-state index in [4.69, 9.17) is 0 Å². The van der Waals surface area contributed by atoms with Crippen LogP contribution in [-0.2, 0) is 18.3 Å². The summed E-state index contributed by atoms with van der Waals surface area (Å²) in [4.78, 5) is 19.7. The van der Waals surface area contributed by atoms with Crippen molar-refractivity contribution in [1.82, 2.24) is 24.4 Å². The molecule has 0 spiro atoms. The van der Waals surface area contributed by atoms with Gasteiger partial charge in [0, 0.05) is 50.1 Å². The second-order valence-electron chi connectivity index (χ2n) is 8.49. The molecule has 4 heterocycles. The molecule has 0 atom stereocenters. The number of benzene rings is 1. The van der Waals surface area contributed by atoms with E-state index in [1.54, 1.807) is 16.9 Å². The molecule has 0 radical (unpaired) electrons. The maximum atomic E-state index is 13.0. The van der Waals surface area contributed by atoms with Gasteiger partial charge in [0.25, 0.3) is 0 Å². The summed E-state index contributed by atoms with van der Waals surface area (Å²) in [5.74, 6) is 0.230. The zero-order valence-electron chi connectivity index (χ0n) is 18.7. The highest BCUT2D eigenvalue weighted by Crippen LogP contribution is 2.35. The van der Waals surface area contributed by atoms with E-state index >= 15 is 0 Å². The zero-order valence-corrected chi connectivity index (χ0v) is 19.5. The van der Waals surface area contributed by atoms with Gasteiger partial charge in [0.2, 0.25) is 5.91 Å². The Morgan fingerprint density at radius 3 is 2.82 bits per heavy atom. The predicted octanol–water partition coefficient (Wildman–Crippen LogP) is 2.74. The number of nitrogens with zero attached hydrogens (tertiary/aromatic N) is 6. The second-order valence-corrected chi connectivity index (χ2v) is 8.49. The van der Waals surface area contributed by atoms with Crippen molar-refractivity contribution < 1.29 is 9.90 Å². The van der Waals surface area contributed by atoms with E-state index in [1.165, 1.54) is 0 Å². The first-order valence-electron chi connectivity index (χ1n) is 10.9. The number of nitrogens with one attached hydrogen (secondary N) is 1. The lowest BCUT2D eigenvalue weighted by Gasteiger charge is -2.34. The Labute approximate surface area is 197 Å². The highest BCUT2D eigenvalue weighted by molar-refractivity contribution is 6.00. The molecule has 1 aliphatic rings. The predicted molar refractivity (Wildman–Crippen MR) is 130 cm³/mol. The molecular formula is C23H28ClN7O2. The quantitative estimate of drug-likeness (QED) is 0.466. The highest BCUT2D eigenvalue weighted by Gasteiger charge is 2.23.